The van der Waals surface area contributed by atoms with Gasteiger partial charge in [-0.15, -0.1) is 0 Å². The summed E-state index contributed by atoms with van der Waals surface area (Å²) in [7, 11) is 0. The maximum absolute atomic E-state index is 12.5. The van der Waals surface area contributed by atoms with Gasteiger partial charge in [0.15, 0.2) is 5.69 Å². The molecule has 1 amide bonds. The zero-order valence-electron chi connectivity index (χ0n) is 17.4. The van der Waals surface area contributed by atoms with Crippen molar-refractivity contribution in [3.8, 4) is 0 Å². The number of benzene rings is 2. The highest BCUT2D eigenvalue weighted by Gasteiger charge is 2.16. The Kier molecular flexibility index (Phi) is 7.27. The maximum Gasteiger partial charge on any atom is 0.273 e. The Hall–Kier alpha value is -3.48. The number of nitrogens with zero attached hydrogens (tertiary/aromatic N) is 3. The van der Waals surface area contributed by atoms with E-state index in [-0.39, 0.29) is 11.6 Å². The minimum atomic E-state index is -0.281. The number of halogens is 1. The Balaban J connectivity index is 1.42. The molecule has 0 aliphatic heterocycles. The van der Waals surface area contributed by atoms with Crippen LogP contribution < -0.4 is 5.32 Å². The smallest absolute Gasteiger partial charge is 0.273 e. The van der Waals surface area contributed by atoms with Crippen molar-refractivity contribution in [2.75, 3.05) is 0 Å². The number of oxazole rings is 1. The van der Waals surface area contributed by atoms with Crippen LogP contribution >= 0.6 is 11.6 Å². The summed E-state index contributed by atoms with van der Waals surface area (Å²) in [5.41, 5.74) is 3.49. The first kappa shape index (κ1) is 21.7. The highest BCUT2D eigenvalue weighted by molar-refractivity contribution is 6.30. The standard InChI is InChI=1S/C25H23ClN4O2/c26-22-10-8-20(9-11-22)16-30(15-19-5-2-1-3-6-19)17-24-29-23(18-32-24)25(31)28-14-21-7-4-12-27-13-21/h1-13,18H,14-17H2,(H,28,31). The number of carbonyl (C=O) groups excluding carboxylic acids is 1. The summed E-state index contributed by atoms with van der Waals surface area (Å²) in [5, 5.41) is 3.55. The van der Waals surface area contributed by atoms with Crippen molar-refractivity contribution in [1.29, 1.82) is 0 Å². The molecule has 32 heavy (non-hydrogen) atoms. The van der Waals surface area contributed by atoms with Gasteiger partial charge < -0.3 is 9.73 Å². The summed E-state index contributed by atoms with van der Waals surface area (Å²) in [5.74, 6) is 0.206. The van der Waals surface area contributed by atoms with Gasteiger partial charge in [-0.25, -0.2) is 4.98 Å². The molecule has 2 heterocycles. The first-order valence-corrected chi connectivity index (χ1v) is 10.7. The van der Waals surface area contributed by atoms with Gasteiger partial charge in [-0.3, -0.25) is 14.7 Å². The number of amides is 1. The summed E-state index contributed by atoms with van der Waals surface area (Å²) in [6.07, 6.45) is 4.81. The topological polar surface area (TPSA) is 71.3 Å². The number of hydrogen-bond donors (Lipinski definition) is 1. The molecule has 0 unspecified atom stereocenters. The van der Waals surface area contributed by atoms with Crippen molar-refractivity contribution in [3.05, 3.63) is 119 Å². The number of rotatable bonds is 9. The molecule has 1 N–H and O–H groups in total. The molecule has 0 aliphatic rings. The molecule has 0 saturated carbocycles. The average molecular weight is 447 g/mol. The Morgan fingerprint density at radius 1 is 0.906 bits per heavy atom. The molecule has 4 rings (SSSR count). The van der Waals surface area contributed by atoms with Gasteiger partial charge in [0, 0.05) is 37.1 Å². The normalized spacial score (nSPS) is 10.9. The van der Waals surface area contributed by atoms with Crippen molar-refractivity contribution in [2.45, 2.75) is 26.2 Å². The number of pyridine rings is 1. The van der Waals surface area contributed by atoms with Crippen LogP contribution in [-0.2, 0) is 26.2 Å². The number of carbonyl (C=O) groups is 1. The lowest BCUT2D eigenvalue weighted by molar-refractivity contribution is 0.0945. The van der Waals surface area contributed by atoms with Gasteiger partial charge in [-0.05, 0) is 34.9 Å². The number of aromatic nitrogens is 2. The van der Waals surface area contributed by atoms with E-state index in [1.54, 1.807) is 12.4 Å². The molecule has 0 spiro atoms. The lowest BCUT2D eigenvalue weighted by Crippen LogP contribution is -2.24. The van der Waals surface area contributed by atoms with E-state index in [0.29, 0.717) is 37.1 Å². The van der Waals surface area contributed by atoms with Crippen molar-refractivity contribution in [3.63, 3.8) is 0 Å². The van der Waals surface area contributed by atoms with Gasteiger partial charge in [-0.2, -0.15) is 0 Å². The molecule has 2 aromatic heterocycles. The molecule has 162 valence electrons. The number of hydrogen-bond acceptors (Lipinski definition) is 5. The molecule has 0 radical (unpaired) electrons. The van der Waals surface area contributed by atoms with E-state index in [0.717, 1.165) is 11.1 Å². The van der Waals surface area contributed by atoms with Crippen LogP contribution in [0.1, 0.15) is 33.1 Å². The molecule has 7 heteroatoms. The fraction of sp³-hybridized carbons (Fsp3) is 0.160. The Labute approximate surface area is 191 Å². The second-order valence-corrected chi connectivity index (χ2v) is 7.86. The van der Waals surface area contributed by atoms with Gasteiger partial charge in [0.1, 0.15) is 6.26 Å². The molecule has 0 fully saturated rings. The first-order chi connectivity index (χ1) is 15.7. The van der Waals surface area contributed by atoms with Crippen molar-refractivity contribution in [2.24, 2.45) is 0 Å². The summed E-state index contributed by atoms with van der Waals surface area (Å²) in [4.78, 5) is 23.1. The lowest BCUT2D eigenvalue weighted by Gasteiger charge is -2.21. The Bertz CT molecular complexity index is 1130. The van der Waals surface area contributed by atoms with Crippen LogP contribution in [0, 0.1) is 0 Å². The van der Waals surface area contributed by atoms with Gasteiger partial charge in [-0.1, -0.05) is 60.1 Å². The second kappa shape index (κ2) is 10.7. The molecule has 0 aliphatic carbocycles. The van der Waals surface area contributed by atoms with Gasteiger partial charge in [0.05, 0.1) is 6.54 Å². The van der Waals surface area contributed by atoms with E-state index >= 15 is 0 Å². The molecule has 0 atom stereocenters. The minimum absolute atomic E-state index is 0.259. The minimum Gasteiger partial charge on any atom is -0.447 e. The SMILES string of the molecule is O=C(NCc1cccnc1)c1coc(CN(Cc2ccccc2)Cc2ccc(Cl)cc2)n1. The van der Waals surface area contributed by atoms with Gasteiger partial charge >= 0.3 is 0 Å². The maximum atomic E-state index is 12.5. The first-order valence-electron chi connectivity index (χ1n) is 10.3. The van der Waals surface area contributed by atoms with Crippen molar-refractivity contribution in [1.82, 2.24) is 20.2 Å². The third-order valence-corrected chi connectivity index (χ3v) is 5.14. The molecule has 0 bridgehead atoms. The van der Waals surface area contributed by atoms with Crippen LogP contribution in [0.4, 0.5) is 0 Å². The highest BCUT2D eigenvalue weighted by Crippen LogP contribution is 2.16. The summed E-state index contributed by atoms with van der Waals surface area (Å²) < 4.78 is 5.62. The van der Waals surface area contributed by atoms with Crippen LogP contribution in [0.5, 0.6) is 0 Å². The summed E-state index contributed by atoms with van der Waals surface area (Å²) in [6.45, 7) is 2.25. The predicted molar refractivity (Wildman–Crippen MR) is 123 cm³/mol. The highest BCUT2D eigenvalue weighted by atomic mass is 35.5. The number of nitrogens with one attached hydrogen (secondary N) is 1. The third-order valence-electron chi connectivity index (χ3n) is 4.89. The van der Waals surface area contributed by atoms with Crippen molar-refractivity contribution < 1.29 is 9.21 Å². The van der Waals surface area contributed by atoms with Crippen LogP contribution in [0.3, 0.4) is 0 Å². The van der Waals surface area contributed by atoms with Gasteiger partial charge in [0.25, 0.3) is 5.91 Å². The molecular formula is C25H23ClN4O2. The van der Waals surface area contributed by atoms with Crippen LogP contribution in [-0.4, -0.2) is 20.8 Å². The largest absolute Gasteiger partial charge is 0.447 e. The van der Waals surface area contributed by atoms with Crippen molar-refractivity contribution >= 4 is 17.5 Å². The van der Waals surface area contributed by atoms with E-state index in [9.17, 15) is 4.79 Å². The summed E-state index contributed by atoms with van der Waals surface area (Å²) >= 11 is 6.03. The van der Waals surface area contributed by atoms with E-state index in [1.165, 1.54) is 11.8 Å². The van der Waals surface area contributed by atoms with E-state index in [1.807, 2.05) is 54.6 Å². The van der Waals surface area contributed by atoms with Crippen LogP contribution in [0.25, 0.3) is 0 Å². The molecular weight excluding hydrogens is 424 g/mol. The molecule has 2 aromatic carbocycles. The summed E-state index contributed by atoms with van der Waals surface area (Å²) in [6, 6.07) is 21.7. The van der Waals surface area contributed by atoms with E-state index in [2.05, 4.69) is 32.3 Å². The fourth-order valence-electron chi connectivity index (χ4n) is 3.31. The lowest BCUT2D eigenvalue weighted by atomic mass is 10.1. The molecule has 6 nitrogen and oxygen atoms in total. The van der Waals surface area contributed by atoms with Crippen LogP contribution in [0.15, 0.2) is 89.8 Å². The quantitative estimate of drug-likeness (QED) is 0.397. The van der Waals surface area contributed by atoms with Crippen LogP contribution in [0.2, 0.25) is 5.02 Å². The Morgan fingerprint density at radius 3 is 2.34 bits per heavy atom. The zero-order valence-corrected chi connectivity index (χ0v) is 18.2. The van der Waals surface area contributed by atoms with E-state index < -0.39 is 0 Å². The van der Waals surface area contributed by atoms with E-state index in [4.69, 9.17) is 16.0 Å². The van der Waals surface area contributed by atoms with Gasteiger partial charge in [0.2, 0.25) is 5.89 Å². The predicted octanol–water partition coefficient (Wildman–Crippen LogP) is 4.86. The molecule has 0 saturated heterocycles. The zero-order chi connectivity index (χ0) is 22.2. The third kappa shape index (κ3) is 6.26. The average Bonchev–Trinajstić information content (AvgIpc) is 3.29. The monoisotopic (exact) mass is 446 g/mol. The molecule has 4 aromatic rings. The Morgan fingerprint density at radius 2 is 1.62 bits per heavy atom. The fourth-order valence-corrected chi connectivity index (χ4v) is 3.44. The second-order valence-electron chi connectivity index (χ2n) is 7.43.